The first-order valence-corrected chi connectivity index (χ1v) is 8.04. The summed E-state index contributed by atoms with van der Waals surface area (Å²) in [6.07, 6.45) is 4.39. The first-order chi connectivity index (χ1) is 10.6. The monoisotopic (exact) mass is 384 g/mol. The third kappa shape index (κ3) is 3.75. The van der Waals surface area contributed by atoms with Crippen molar-refractivity contribution >= 4 is 34.4 Å². The maximum Gasteiger partial charge on any atom is 0.216 e. The van der Waals surface area contributed by atoms with Gasteiger partial charge in [-0.05, 0) is 30.8 Å². The van der Waals surface area contributed by atoms with Crippen molar-refractivity contribution in [2.24, 2.45) is 5.10 Å². The van der Waals surface area contributed by atoms with Gasteiger partial charge in [0.2, 0.25) is 4.77 Å². The van der Waals surface area contributed by atoms with Gasteiger partial charge in [0.05, 0.1) is 13.3 Å². The quantitative estimate of drug-likeness (QED) is 0.588. The number of hydrogen-bond acceptors (Lipinski definition) is 5. The van der Waals surface area contributed by atoms with Gasteiger partial charge in [0, 0.05) is 16.5 Å². The number of phenolic OH excluding ortho intramolecular Hbond substituents is 1. The minimum atomic E-state index is 0.0274. The van der Waals surface area contributed by atoms with E-state index < -0.39 is 0 Å². The molecule has 1 heterocycles. The van der Waals surface area contributed by atoms with Crippen LogP contribution in [-0.4, -0.2) is 33.3 Å². The van der Waals surface area contributed by atoms with Gasteiger partial charge in [-0.2, -0.15) is 14.9 Å². The third-order valence-corrected chi connectivity index (χ3v) is 3.79. The number of ether oxygens (including phenoxy) is 1. The molecule has 0 aliphatic carbocycles. The van der Waals surface area contributed by atoms with Crippen LogP contribution in [0.1, 0.15) is 31.2 Å². The van der Waals surface area contributed by atoms with Crippen LogP contribution in [0.4, 0.5) is 0 Å². The number of rotatable bonds is 6. The van der Waals surface area contributed by atoms with Gasteiger partial charge in [0.15, 0.2) is 17.3 Å². The number of nitrogens with zero attached hydrogens (tertiary/aromatic N) is 3. The average Bonchev–Trinajstić information content (AvgIpc) is 2.85. The standard InChI is InChI=1S/C14H17BrN4O2S/c1-3-4-5-12-17-18-14(22)19(12)16-8-9-6-10(15)7-11(21-2)13(9)20/h6-8,20H,3-5H2,1-2H3,(H,18,22)/b16-8-. The molecule has 0 atom stereocenters. The van der Waals surface area contributed by atoms with E-state index in [4.69, 9.17) is 17.0 Å². The minimum Gasteiger partial charge on any atom is -0.504 e. The Bertz CT molecular complexity index is 739. The van der Waals surface area contributed by atoms with Gasteiger partial charge < -0.3 is 9.84 Å². The molecule has 0 fully saturated rings. The second-order valence-corrected chi connectivity index (χ2v) is 5.95. The van der Waals surface area contributed by atoms with Crippen molar-refractivity contribution in [2.45, 2.75) is 26.2 Å². The number of aromatic amines is 1. The zero-order chi connectivity index (χ0) is 16.1. The summed E-state index contributed by atoms with van der Waals surface area (Å²) in [6.45, 7) is 2.11. The van der Waals surface area contributed by atoms with E-state index in [-0.39, 0.29) is 5.75 Å². The molecule has 0 amide bonds. The highest BCUT2D eigenvalue weighted by Crippen LogP contribution is 2.32. The molecule has 8 heteroatoms. The lowest BCUT2D eigenvalue weighted by Gasteiger charge is -2.07. The number of aryl methyl sites for hydroxylation is 1. The van der Waals surface area contributed by atoms with Gasteiger partial charge in [-0.3, -0.25) is 5.10 Å². The number of unbranched alkanes of at least 4 members (excludes halogenated alkanes) is 1. The normalized spacial score (nSPS) is 11.2. The van der Waals surface area contributed by atoms with E-state index in [0.29, 0.717) is 16.1 Å². The number of benzene rings is 1. The van der Waals surface area contributed by atoms with E-state index in [1.165, 1.54) is 13.3 Å². The second-order valence-electron chi connectivity index (χ2n) is 4.65. The Hall–Kier alpha value is -1.67. The van der Waals surface area contributed by atoms with E-state index >= 15 is 0 Å². The van der Waals surface area contributed by atoms with Crippen molar-refractivity contribution in [3.05, 3.63) is 32.8 Å². The minimum absolute atomic E-state index is 0.0274. The largest absolute Gasteiger partial charge is 0.504 e. The van der Waals surface area contributed by atoms with Gasteiger partial charge in [0.1, 0.15) is 0 Å². The summed E-state index contributed by atoms with van der Waals surface area (Å²) >= 11 is 8.55. The molecular weight excluding hydrogens is 368 g/mol. The molecule has 0 spiro atoms. The molecule has 6 nitrogen and oxygen atoms in total. The first-order valence-electron chi connectivity index (χ1n) is 6.84. The Labute approximate surface area is 142 Å². The molecule has 0 saturated carbocycles. The van der Waals surface area contributed by atoms with Crippen molar-refractivity contribution in [2.75, 3.05) is 7.11 Å². The van der Waals surface area contributed by atoms with E-state index in [1.54, 1.807) is 16.8 Å². The fraction of sp³-hybridized carbons (Fsp3) is 0.357. The Kier molecular flexibility index (Phi) is 5.73. The van der Waals surface area contributed by atoms with E-state index in [0.717, 1.165) is 29.6 Å². The van der Waals surface area contributed by atoms with Crippen molar-refractivity contribution in [1.29, 1.82) is 0 Å². The van der Waals surface area contributed by atoms with E-state index in [2.05, 4.69) is 38.2 Å². The fourth-order valence-electron chi connectivity index (χ4n) is 1.91. The third-order valence-electron chi connectivity index (χ3n) is 3.07. The maximum absolute atomic E-state index is 10.1. The van der Waals surface area contributed by atoms with E-state index in [9.17, 15) is 5.11 Å². The van der Waals surface area contributed by atoms with E-state index in [1.807, 2.05) is 0 Å². The number of halogens is 1. The molecule has 1 aromatic heterocycles. The summed E-state index contributed by atoms with van der Waals surface area (Å²) < 4.78 is 7.89. The maximum atomic E-state index is 10.1. The predicted molar refractivity (Wildman–Crippen MR) is 91.4 cm³/mol. The van der Waals surface area contributed by atoms with Crippen molar-refractivity contribution in [1.82, 2.24) is 14.9 Å². The summed E-state index contributed by atoms with van der Waals surface area (Å²) in [5, 5.41) is 21.4. The highest BCUT2D eigenvalue weighted by Gasteiger charge is 2.09. The van der Waals surface area contributed by atoms with Crippen LogP contribution >= 0.6 is 28.1 Å². The van der Waals surface area contributed by atoms with Crippen LogP contribution in [-0.2, 0) is 6.42 Å². The summed E-state index contributed by atoms with van der Waals surface area (Å²) in [7, 11) is 1.50. The lowest BCUT2D eigenvalue weighted by Crippen LogP contribution is -1.99. The lowest BCUT2D eigenvalue weighted by atomic mass is 10.2. The van der Waals surface area contributed by atoms with Gasteiger partial charge in [-0.15, -0.1) is 0 Å². The van der Waals surface area contributed by atoms with Gasteiger partial charge in [-0.25, -0.2) is 0 Å². The molecule has 118 valence electrons. The molecule has 0 unspecified atom stereocenters. The molecule has 0 bridgehead atoms. The van der Waals surface area contributed by atoms with Crippen LogP contribution in [0.15, 0.2) is 21.7 Å². The van der Waals surface area contributed by atoms with Crippen LogP contribution in [0.2, 0.25) is 0 Å². The Balaban J connectivity index is 2.35. The lowest BCUT2D eigenvalue weighted by molar-refractivity contribution is 0.373. The second kappa shape index (κ2) is 7.55. The molecular formula is C14H17BrN4O2S. The Morgan fingerprint density at radius 2 is 2.32 bits per heavy atom. The number of methoxy groups -OCH3 is 1. The van der Waals surface area contributed by atoms with Crippen molar-refractivity contribution in [3.63, 3.8) is 0 Å². The van der Waals surface area contributed by atoms with Crippen LogP contribution in [0, 0.1) is 4.77 Å². The van der Waals surface area contributed by atoms with Crippen LogP contribution < -0.4 is 4.74 Å². The van der Waals surface area contributed by atoms with Gasteiger partial charge >= 0.3 is 0 Å². The van der Waals surface area contributed by atoms with Crippen LogP contribution in [0.5, 0.6) is 11.5 Å². The molecule has 0 radical (unpaired) electrons. The van der Waals surface area contributed by atoms with Crippen molar-refractivity contribution in [3.8, 4) is 11.5 Å². The van der Waals surface area contributed by atoms with Gasteiger partial charge in [-0.1, -0.05) is 29.3 Å². The molecule has 2 aromatic rings. The molecule has 22 heavy (non-hydrogen) atoms. The zero-order valence-electron chi connectivity index (χ0n) is 12.3. The summed E-state index contributed by atoms with van der Waals surface area (Å²) in [4.78, 5) is 0. The van der Waals surface area contributed by atoms with Crippen LogP contribution in [0.25, 0.3) is 0 Å². The summed E-state index contributed by atoms with van der Waals surface area (Å²) in [5.74, 6) is 1.17. The highest BCUT2D eigenvalue weighted by atomic mass is 79.9. The average molecular weight is 385 g/mol. The number of hydrogen-bond donors (Lipinski definition) is 2. The number of aromatic nitrogens is 3. The Morgan fingerprint density at radius 1 is 1.55 bits per heavy atom. The molecule has 2 rings (SSSR count). The number of phenols is 1. The molecule has 0 aliphatic rings. The first kappa shape index (κ1) is 16.7. The number of aromatic hydroxyl groups is 1. The molecule has 0 aliphatic heterocycles. The topological polar surface area (TPSA) is 75.4 Å². The van der Waals surface area contributed by atoms with Gasteiger partial charge in [0.25, 0.3) is 0 Å². The molecule has 2 N–H and O–H groups in total. The summed E-state index contributed by atoms with van der Waals surface area (Å²) in [6, 6.07) is 3.43. The Morgan fingerprint density at radius 3 is 3.00 bits per heavy atom. The highest BCUT2D eigenvalue weighted by molar-refractivity contribution is 9.10. The number of H-pyrrole nitrogens is 1. The zero-order valence-corrected chi connectivity index (χ0v) is 14.7. The van der Waals surface area contributed by atoms with Crippen molar-refractivity contribution < 1.29 is 9.84 Å². The SMILES string of the molecule is CCCCc1n[nH]c(=S)n1/N=C\c1cc(Br)cc(OC)c1O. The smallest absolute Gasteiger partial charge is 0.216 e. The molecule has 0 saturated heterocycles. The number of nitrogens with one attached hydrogen (secondary N) is 1. The predicted octanol–water partition coefficient (Wildman–Crippen LogP) is 3.64. The fourth-order valence-corrected chi connectivity index (χ4v) is 2.56. The molecule has 1 aromatic carbocycles. The van der Waals surface area contributed by atoms with Crippen LogP contribution in [0.3, 0.4) is 0 Å². The summed E-state index contributed by atoms with van der Waals surface area (Å²) in [5.41, 5.74) is 0.524.